The van der Waals surface area contributed by atoms with Gasteiger partial charge >= 0.3 is 0 Å². The quantitative estimate of drug-likeness (QED) is 0.0710. The third kappa shape index (κ3) is 8.59. The van der Waals surface area contributed by atoms with E-state index in [0.717, 1.165) is 70.6 Å². The summed E-state index contributed by atoms with van der Waals surface area (Å²) in [6.45, 7) is 23.4. The number of nitrogens with two attached hydrogens (primary N) is 1. The van der Waals surface area contributed by atoms with Gasteiger partial charge in [0, 0.05) is 52.6 Å². The minimum Gasteiger partial charge on any atom is -0.494 e. The number of ether oxygens (including phenoxy) is 3. The fourth-order valence-corrected chi connectivity index (χ4v) is 8.37. The number of fused-ring (bicyclic) bond motifs is 3. The molecule has 252 valence electrons. The number of hydrogen-bond acceptors (Lipinski definition) is 8. The third-order valence-electron chi connectivity index (χ3n) is 9.40. The Balaban J connectivity index is 1.65. The fraction of sp³-hybridized carbons (Fsp3) is 0.629. The van der Waals surface area contributed by atoms with Crippen LogP contribution in [0.2, 0.25) is 51.4 Å². The van der Waals surface area contributed by atoms with E-state index in [1.807, 2.05) is 29.8 Å². The van der Waals surface area contributed by atoms with Crippen molar-refractivity contribution in [1.29, 1.82) is 0 Å². The van der Waals surface area contributed by atoms with Gasteiger partial charge in [-0.3, -0.25) is 0 Å². The van der Waals surface area contributed by atoms with Crippen molar-refractivity contribution in [2.75, 3.05) is 43.9 Å². The molecule has 0 spiro atoms. The summed E-state index contributed by atoms with van der Waals surface area (Å²) in [5.41, 5.74) is 10.6. The molecular weight excluding hydrogens is 609 g/mol. The Morgan fingerprint density at radius 3 is 2.13 bits per heavy atom. The number of aromatic nitrogens is 4. The number of anilines is 2. The average Bonchev–Trinajstić information content (AvgIpc) is 3.56. The average molecular weight is 665 g/mol. The van der Waals surface area contributed by atoms with Crippen molar-refractivity contribution >= 4 is 39.2 Å². The molecule has 0 radical (unpaired) electrons. The highest BCUT2D eigenvalue weighted by atomic mass is 28.3. The summed E-state index contributed by atoms with van der Waals surface area (Å²) in [5, 5.41) is 4.96. The van der Waals surface area contributed by atoms with Crippen LogP contribution in [0, 0.1) is 11.8 Å². The minimum absolute atomic E-state index is 0.317. The van der Waals surface area contributed by atoms with Crippen molar-refractivity contribution < 1.29 is 14.2 Å². The summed E-state index contributed by atoms with van der Waals surface area (Å²) in [5.74, 6) is 3.79. The Morgan fingerprint density at radius 1 is 0.957 bits per heavy atom. The van der Waals surface area contributed by atoms with E-state index in [-0.39, 0.29) is 0 Å². The zero-order chi connectivity index (χ0) is 33.1. The maximum Gasteiger partial charge on any atom is 0.165 e. The van der Waals surface area contributed by atoms with Gasteiger partial charge in [-0.15, -0.1) is 0 Å². The third-order valence-corrected chi connectivity index (χ3v) is 12.8. The van der Waals surface area contributed by atoms with Gasteiger partial charge < -0.3 is 24.8 Å². The number of rotatable bonds is 16. The molecule has 3 atom stereocenters. The molecule has 3 heterocycles. The molecule has 11 heteroatoms. The van der Waals surface area contributed by atoms with Crippen LogP contribution >= 0.6 is 0 Å². The normalized spacial score (nSPS) is 19.9. The van der Waals surface area contributed by atoms with E-state index in [2.05, 4.69) is 55.7 Å². The fourth-order valence-electron chi connectivity index (χ4n) is 6.86. The molecular formula is C35H56N6O3Si2. The molecule has 2 aliphatic carbocycles. The molecule has 2 saturated carbocycles. The Bertz CT molecular complexity index is 1450. The van der Waals surface area contributed by atoms with Crippen molar-refractivity contribution in [3.05, 3.63) is 42.4 Å². The van der Waals surface area contributed by atoms with Crippen molar-refractivity contribution in [2.45, 2.75) is 96.3 Å². The van der Waals surface area contributed by atoms with Gasteiger partial charge in [0.15, 0.2) is 5.65 Å². The Morgan fingerprint density at radius 2 is 1.59 bits per heavy atom. The van der Waals surface area contributed by atoms with Gasteiger partial charge in [-0.1, -0.05) is 58.7 Å². The minimum atomic E-state index is -1.27. The molecule has 2 fully saturated rings. The smallest absolute Gasteiger partial charge is 0.165 e. The molecule has 0 saturated heterocycles. The lowest BCUT2D eigenvalue weighted by Crippen LogP contribution is -2.34. The van der Waals surface area contributed by atoms with Crippen molar-refractivity contribution in [1.82, 2.24) is 19.6 Å². The second-order valence-electron chi connectivity index (χ2n) is 15.8. The monoisotopic (exact) mass is 664 g/mol. The Hall–Kier alpha value is -2.74. The van der Waals surface area contributed by atoms with E-state index in [4.69, 9.17) is 30.0 Å². The van der Waals surface area contributed by atoms with E-state index in [0.29, 0.717) is 50.8 Å². The SMILES string of the molecule is C=C(OCC)c1c(C2C[C@H]3CC[C@@H](C2)C3)nc2c(-c3ccc(N)nc3)cnn2c1N(COCC[Si](C)(C)C)COCC[Si](C)(C)C. The van der Waals surface area contributed by atoms with Crippen molar-refractivity contribution in [3.63, 3.8) is 0 Å². The van der Waals surface area contributed by atoms with Gasteiger partial charge in [-0.05, 0) is 62.2 Å². The zero-order valence-electron chi connectivity index (χ0n) is 29.3. The molecule has 5 rings (SSSR count). The molecule has 3 aromatic rings. The van der Waals surface area contributed by atoms with Gasteiger partial charge in [0.1, 0.15) is 30.9 Å². The van der Waals surface area contributed by atoms with Crippen LogP contribution in [0.1, 0.15) is 56.2 Å². The highest BCUT2D eigenvalue weighted by Gasteiger charge is 2.38. The lowest BCUT2D eigenvalue weighted by molar-refractivity contribution is 0.0941. The zero-order valence-corrected chi connectivity index (χ0v) is 31.3. The molecule has 2 bridgehead atoms. The summed E-state index contributed by atoms with van der Waals surface area (Å²) in [4.78, 5) is 12.0. The molecule has 9 nitrogen and oxygen atoms in total. The first kappa shape index (κ1) is 34.6. The summed E-state index contributed by atoms with van der Waals surface area (Å²) < 4.78 is 21.0. The Labute approximate surface area is 277 Å². The number of pyridine rings is 1. The first-order valence-electron chi connectivity index (χ1n) is 17.2. The van der Waals surface area contributed by atoms with Gasteiger partial charge in [-0.25, -0.2) is 9.97 Å². The maximum absolute atomic E-state index is 6.44. The van der Waals surface area contributed by atoms with E-state index in [9.17, 15) is 0 Å². The van der Waals surface area contributed by atoms with Gasteiger partial charge in [-0.2, -0.15) is 9.61 Å². The Kier molecular flexibility index (Phi) is 11.0. The van der Waals surface area contributed by atoms with E-state index in [1.54, 1.807) is 6.20 Å². The molecule has 3 aromatic heterocycles. The number of nitrogens with zero attached hydrogens (tertiary/aromatic N) is 5. The van der Waals surface area contributed by atoms with Gasteiger partial charge in [0.25, 0.3) is 0 Å². The molecule has 2 aliphatic rings. The summed E-state index contributed by atoms with van der Waals surface area (Å²) in [6.07, 6.45) is 9.93. The van der Waals surface area contributed by atoms with Crippen LogP contribution in [0.4, 0.5) is 11.6 Å². The summed E-state index contributed by atoms with van der Waals surface area (Å²) >= 11 is 0. The predicted octanol–water partition coefficient (Wildman–Crippen LogP) is 8.11. The van der Waals surface area contributed by atoms with Gasteiger partial charge in [0.05, 0.1) is 24.1 Å². The van der Waals surface area contributed by atoms with Gasteiger partial charge in [0.2, 0.25) is 0 Å². The van der Waals surface area contributed by atoms with E-state index in [1.165, 1.54) is 19.3 Å². The van der Waals surface area contributed by atoms with Crippen LogP contribution in [0.25, 0.3) is 22.5 Å². The highest BCUT2D eigenvalue weighted by molar-refractivity contribution is 6.76. The highest BCUT2D eigenvalue weighted by Crippen LogP contribution is 2.50. The second kappa shape index (κ2) is 14.6. The van der Waals surface area contributed by atoms with E-state index < -0.39 is 16.1 Å². The van der Waals surface area contributed by atoms with Crippen LogP contribution in [0.15, 0.2) is 31.1 Å². The lowest BCUT2D eigenvalue weighted by atomic mass is 9.78. The standard InChI is InChI=1S/C35H56N6O3Si2/c1-9-44-25(2)32-33(29-19-26-10-11-27(18-26)20-29)39-34-30(28-12-13-31(36)37-21-28)22-38-41(34)35(32)40(23-42-14-16-45(3,4)5)24-43-15-17-46(6,7)8/h12-13,21-22,26-27,29H,2,9-11,14-20,23-24H2,1,3-8H3,(H2,36,37)/t26-,27+,29?. The van der Waals surface area contributed by atoms with Crippen molar-refractivity contribution in [3.8, 4) is 11.1 Å². The van der Waals surface area contributed by atoms with Crippen molar-refractivity contribution in [2.24, 2.45) is 11.8 Å². The molecule has 1 unspecified atom stereocenters. The second-order valence-corrected chi connectivity index (χ2v) is 27.0. The first-order chi connectivity index (χ1) is 21.8. The molecule has 0 aromatic carbocycles. The number of nitrogen functional groups attached to an aromatic ring is 1. The molecule has 2 N–H and O–H groups in total. The van der Waals surface area contributed by atoms with Crippen LogP contribution in [0.3, 0.4) is 0 Å². The lowest BCUT2D eigenvalue weighted by Gasteiger charge is -2.33. The molecule has 0 amide bonds. The molecule has 0 aliphatic heterocycles. The summed E-state index contributed by atoms with van der Waals surface area (Å²) in [7, 11) is -2.54. The van der Waals surface area contributed by atoms with Crippen LogP contribution in [0.5, 0.6) is 0 Å². The summed E-state index contributed by atoms with van der Waals surface area (Å²) in [6, 6.07) is 6.00. The largest absolute Gasteiger partial charge is 0.494 e. The van der Waals surface area contributed by atoms with Crippen LogP contribution in [-0.4, -0.2) is 69.0 Å². The van der Waals surface area contributed by atoms with Crippen LogP contribution in [-0.2, 0) is 14.2 Å². The molecule has 46 heavy (non-hydrogen) atoms. The predicted molar refractivity (Wildman–Crippen MR) is 195 cm³/mol. The first-order valence-corrected chi connectivity index (χ1v) is 24.6. The topological polar surface area (TPSA) is 100 Å². The maximum atomic E-state index is 6.44. The van der Waals surface area contributed by atoms with Crippen LogP contribution < -0.4 is 10.6 Å². The van der Waals surface area contributed by atoms with E-state index >= 15 is 0 Å². The number of hydrogen-bond donors (Lipinski definition) is 1.